The smallest absolute Gasteiger partial charge is 0.225 e. The molecular weight excluding hydrogens is 378 g/mol. The molecule has 0 aromatic carbocycles. The second-order valence-electron chi connectivity index (χ2n) is 9.13. The molecule has 3 aromatic heterocycles. The summed E-state index contributed by atoms with van der Waals surface area (Å²) < 4.78 is 4.16. The van der Waals surface area contributed by atoms with Gasteiger partial charge < -0.3 is 19.1 Å². The Balaban J connectivity index is 1.29. The van der Waals surface area contributed by atoms with Crippen molar-refractivity contribution >= 4 is 16.8 Å². The molecule has 1 amide bonds. The van der Waals surface area contributed by atoms with Gasteiger partial charge >= 0.3 is 0 Å². The molecule has 2 saturated heterocycles. The first-order valence-electron chi connectivity index (χ1n) is 10.9. The number of carbonyl (C=O) groups is 1. The van der Waals surface area contributed by atoms with Crippen LogP contribution < -0.4 is 0 Å². The van der Waals surface area contributed by atoms with Crippen molar-refractivity contribution in [3.05, 3.63) is 48.9 Å². The molecule has 1 N–H and O–H groups in total. The van der Waals surface area contributed by atoms with Crippen LogP contribution in [0.1, 0.15) is 50.9 Å². The zero-order chi connectivity index (χ0) is 20.9. The molecule has 158 valence electrons. The predicted molar refractivity (Wildman–Crippen MR) is 114 cm³/mol. The van der Waals surface area contributed by atoms with Crippen molar-refractivity contribution in [2.24, 2.45) is 0 Å². The van der Waals surface area contributed by atoms with Gasteiger partial charge in [-0.2, -0.15) is 0 Å². The Morgan fingerprint density at radius 1 is 1.23 bits per heavy atom. The number of piperidine rings is 1. The largest absolute Gasteiger partial charge is 0.388 e. The molecule has 0 saturated carbocycles. The number of aromatic nitrogens is 4. The third-order valence-corrected chi connectivity index (χ3v) is 6.99. The van der Waals surface area contributed by atoms with Gasteiger partial charge in [0.15, 0.2) is 0 Å². The molecule has 2 fully saturated rings. The number of aliphatic hydroxyl groups is 1. The Hall–Kier alpha value is -2.67. The SMILES string of the molecule is Cc1nccn1[C@@H](C)CC(=O)N1[C@H]2CC[C@H]1CC(O)(Cn1ccc3ccncc31)C2. The van der Waals surface area contributed by atoms with Gasteiger partial charge in [-0.1, -0.05) is 0 Å². The van der Waals surface area contributed by atoms with Gasteiger partial charge in [0, 0.05) is 54.7 Å². The second kappa shape index (κ2) is 7.23. The average molecular weight is 408 g/mol. The minimum absolute atomic E-state index is 0.0824. The fraction of sp³-hybridized carbons (Fsp3) is 0.522. The number of hydrogen-bond acceptors (Lipinski definition) is 4. The van der Waals surface area contributed by atoms with Crippen molar-refractivity contribution in [3.8, 4) is 0 Å². The van der Waals surface area contributed by atoms with Gasteiger partial charge in [-0.3, -0.25) is 9.78 Å². The normalized spacial score (nSPS) is 27.0. The van der Waals surface area contributed by atoms with Crippen molar-refractivity contribution < 1.29 is 9.90 Å². The minimum Gasteiger partial charge on any atom is -0.388 e. The number of carbonyl (C=O) groups excluding carboxylic acids is 1. The quantitative estimate of drug-likeness (QED) is 0.705. The number of imidazole rings is 1. The fourth-order valence-electron chi connectivity index (χ4n) is 5.65. The van der Waals surface area contributed by atoms with Crippen LogP contribution in [0, 0.1) is 6.92 Å². The summed E-state index contributed by atoms with van der Waals surface area (Å²) in [5, 5.41) is 12.6. The number of rotatable bonds is 5. The highest BCUT2D eigenvalue weighted by Crippen LogP contribution is 2.42. The van der Waals surface area contributed by atoms with Crippen LogP contribution in [0.4, 0.5) is 0 Å². The Bertz CT molecular complexity index is 1060. The van der Waals surface area contributed by atoms with E-state index in [0.717, 1.165) is 29.6 Å². The highest BCUT2D eigenvalue weighted by Gasteiger charge is 2.49. The van der Waals surface area contributed by atoms with Crippen LogP contribution in [-0.2, 0) is 11.3 Å². The lowest BCUT2D eigenvalue weighted by atomic mass is 9.85. The van der Waals surface area contributed by atoms with Gasteiger partial charge in [-0.25, -0.2) is 4.98 Å². The van der Waals surface area contributed by atoms with E-state index in [1.54, 1.807) is 12.4 Å². The van der Waals surface area contributed by atoms with Crippen molar-refractivity contribution in [3.63, 3.8) is 0 Å². The van der Waals surface area contributed by atoms with E-state index in [1.807, 2.05) is 31.6 Å². The third kappa shape index (κ3) is 3.31. The maximum Gasteiger partial charge on any atom is 0.225 e. The predicted octanol–water partition coefficient (Wildman–Crippen LogP) is 3.08. The lowest BCUT2D eigenvalue weighted by molar-refractivity contribution is -0.142. The molecule has 2 bridgehead atoms. The fourth-order valence-corrected chi connectivity index (χ4v) is 5.65. The van der Waals surface area contributed by atoms with Crippen LogP contribution in [0.15, 0.2) is 43.1 Å². The summed E-state index contributed by atoms with van der Waals surface area (Å²) in [6.45, 7) is 4.58. The number of hydrogen-bond donors (Lipinski definition) is 1. The molecule has 2 aliphatic rings. The lowest BCUT2D eigenvalue weighted by Crippen LogP contribution is -2.54. The van der Waals surface area contributed by atoms with E-state index in [4.69, 9.17) is 0 Å². The lowest BCUT2D eigenvalue weighted by Gasteiger charge is -2.44. The van der Waals surface area contributed by atoms with Crippen LogP contribution in [0.2, 0.25) is 0 Å². The van der Waals surface area contributed by atoms with Crippen molar-refractivity contribution in [1.29, 1.82) is 0 Å². The molecule has 0 radical (unpaired) electrons. The molecule has 0 spiro atoms. The zero-order valence-corrected chi connectivity index (χ0v) is 17.6. The molecule has 5 rings (SSSR count). The molecule has 30 heavy (non-hydrogen) atoms. The highest BCUT2D eigenvalue weighted by molar-refractivity contribution is 5.79. The van der Waals surface area contributed by atoms with Crippen molar-refractivity contribution in [1.82, 2.24) is 24.0 Å². The van der Waals surface area contributed by atoms with Crippen LogP contribution in [0.3, 0.4) is 0 Å². The molecule has 3 atom stereocenters. The topological polar surface area (TPSA) is 76.2 Å². The Labute approximate surface area is 176 Å². The third-order valence-electron chi connectivity index (χ3n) is 6.99. The second-order valence-corrected chi connectivity index (χ2v) is 9.13. The summed E-state index contributed by atoms with van der Waals surface area (Å²) >= 11 is 0. The number of nitrogens with zero attached hydrogens (tertiary/aromatic N) is 5. The molecular formula is C23H29N5O2. The van der Waals surface area contributed by atoms with Gasteiger partial charge in [0.25, 0.3) is 0 Å². The molecule has 0 unspecified atom stereocenters. The van der Waals surface area contributed by atoms with E-state index in [9.17, 15) is 9.90 Å². The molecule has 7 heteroatoms. The van der Waals surface area contributed by atoms with Gasteiger partial charge in [-0.15, -0.1) is 0 Å². The van der Waals surface area contributed by atoms with Crippen molar-refractivity contribution in [2.45, 2.75) is 76.2 Å². The van der Waals surface area contributed by atoms with E-state index < -0.39 is 5.60 Å². The van der Waals surface area contributed by atoms with Crippen LogP contribution in [-0.4, -0.2) is 52.7 Å². The van der Waals surface area contributed by atoms with Crippen LogP contribution in [0.5, 0.6) is 0 Å². The summed E-state index contributed by atoms with van der Waals surface area (Å²) in [7, 11) is 0. The van der Waals surface area contributed by atoms with E-state index in [-0.39, 0.29) is 24.0 Å². The number of fused-ring (bicyclic) bond motifs is 3. The highest BCUT2D eigenvalue weighted by atomic mass is 16.3. The Kier molecular flexibility index (Phi) is 4.65. The molecule has 0 aliphatic carbocycles. The molecule has 7 nitrogen and oxygen atoms in total. The van der Waals surface area contributed by atoms with Crippen molar-refractivity contribution in [2.75, 3.05) is 0 Å². The average Bonchev–Trinajstić information content (AvgIpc) is 3.39. The van der Waals surface area contributed by atoms with E-state index in [2.05, 4.69) is 37.0 Å². The minimum atomic E-state index is -0.795. The maximum absolute atomic E-state index is 13.2. The first-order chi connectivity index (χ1) is 14.4. The first-order valence-corrected chi connectivity index (χ1v) is 10.9. The Morgan fingerprint density at radius 3 is 2.70 bits per heavy atom. The summed E-state index contributed by atoms with van der Waals surface area (Å²) in [5.74, 6) is 1.13. The molecule has 5 heterocycles. The standard InChI is InChI=1S/C23H29N5O2/c1-16(27-10-8-25-17(27)2)11-22(29)28-19-3-4-20(28)13-23(30,12-19)15-26-9-6-18-5-7-24-14-21(18)26/h5-10,14,16,19-20,30H,3-4,11-13,15H2,1-2H3/t16-,19-,20-/m0/s1. The van der Waals surface area contributed by atoms with Crippen LogP contribution in [0.25, 0.3) is 10.9 Å². The van der Waals surface area contributed by atoms with Crippen LogP contribution >= 0.6 is 0 Å². The number of pyridine rings is 1. The summed E-state index contributed by atoms with van der Waals surface area (Å²) in [4.78, 5) is 23.8. The zero-order valence-electron chi connectivity index (χ0n) is 17.6. The number of amides is 1. The molecule has 2 aliphatic heterocycles. The van der Waals surface area contributed by atoms with Gasteiger partial charge in [0.2, 0.25) is 5.91 Å². The summed E-state index contributed by atoms with van der Waals surface area (Å²) in [5.41, 5.74) is 0.248. The van der Waals surface area contributed by atoms with E-state index >= 15 is 0 Å². The maximum atomic E-state index is 13.2. The summed E-state index contributed by atoms with van der Waals surface area (Å²) in [6.07, 6.45) is 13.1. The first kappa shape index (κ1) is 19.3. The Morgan fingerprint density at radius 2 is 2.00 bits per heavy atom. The molecule has 3 aromatic rings. The van der Waals surface area contributed by atoms with Gasteiger partial charge in [-0.05, 0) is 51.7 Å². The number of aryl methyl sites for hydroxylation is 1. The monoisotopic (exact) mass is 407 g/mol. The summed E-state index contributed by atoms with van der Waals surface area (Å²) in [6, 6.07) is 4.38. The van der Waals surface area contributed by atoms with E-state index in [0.29, 0.717) is 25.8 Å². The van der Waals surface area contributed by atoms with Gasteiger partial charge in [0.1, 0.15) is 5.82 Å². The van der Waals surface area contributed by atoms with E-state index in [1.165, 1.54) is 0 Å². The van der Waals surface area contributed by atoms with Gasteiger partial charge in [0.05, 0.1) is 23.9 Å².